The Hall–Kier alpha value is -3.11. The second-order valence-electron chi connectivity index (χ2n) is 9.75. The lowest BCUT2D eigenvalue weighted by Crippen LogP contribution is -2.32. The van der Waals surface area contributed by atoms with Crippen molar-refractivity contribution in [3.63, 3.8) is 0 Å². The summed E-state index contributed by atoms with van der Waals surface area (Å²) in [6.07, 6.45) is 2.28. The summed E-state index contributed by atoms with van der Waals surface area (Å²) in [5.74, 6) is -1.45. The van der Waals surface area contributed by atoms with E-state index in [1.165, 1.54) is 18.2 Å². The van der Waals surface area contributed by atoms with E-state index in [0.717, 1.165) is 30.4 Å². The first-order valence-corrected chi connectivity index (χ1v) is 12.9. The SMILES string of the molecule is Nc1nc(O[C@H](c2ccc(Cl)cc2C2=CCCCC2)C(F)(F)F)cc(C2=CCC(C[C@H](N)C(=O)O)CC2)n1. The van der Waals surface area contributed by atoms with E-state index < -0.39 is 24.3 Å². The summed E-state index contributed by atoms with van der Waals surface area (Å²) in [5.41, 5.74) is 13.9. The van der Waals surface area contributed by atoms with E-state index in [4.69, 9.17) is 32.9 Å². The Morgan fingerprint density at radius 1 is 1.16 bits per heavy atom. The van der Waals surface area contributed by atoms with Crippen molar-refractivity contribution in [1.29, 1.82) is 0 Å². The molecule has 11 heteroatoms. The zero-order chi connectivity index (χ0) is 27.4. The number of carbonyl (C=O) groups is 1. The number of ether oxygens (including phenoxy) is 1. The molecule has 0 saturated heterocycles. The first kappa shape index (κ1) is 27.9. The summed E-state index contributed by atoms with van der Waals surface area (Å²) in [4.78, 5) is 19.2. The van der Waals surface area contributed by atoms with Gasteiger partial charge < -0.3 is 21.3 Å². The van der Waals surface area contributed by atoms with E-state index in [1.807, 2.05) is 12.2 Å². The maximum atomic E-state index is 14.4. The summed E-state index contributed by atoms with van der Waals surface area (Å²) >= 11 is 6.17. The molecule has 38 heavy (non-hydrogen) atoms. The average molecular weight is 551 g/mol. The zero-order valence-corrected chi connectivity index (χ0v) is 21.4. The summed E-state index contributed by atoms with van der Waals surface area (Å²) < 4.78 is 48.7. The van der Waals surface area contributed by atoms with E-state index in [-0.39, 0.29) is 23.3 Å². The van der Waals surface area contributed by atoms with Crippen LogP contribution in [0.5, 0.6) is 5.88 Å². The number of halogens is 4. The summed E-state index contributed by atoms with van der Waals surface area (Å²) in [5, 5.41) is 9.39. The molecule has 0 amide bonds. The summed E-state index contributed by atoms with van der Waals surface area (Å²) in [7, 11) is 0. The van der Waals surface area contributed by atoms with Gasteiger partial charge in [0.25, 0.3) is 0 Å². The van der Waals surface area contributed by atoms with Gasteiger partial charge in [0, 0.05) is 16.7 Å². The Morgan fingerprint density at radius 2 is 1.95 bits per heavy atom. The predicted octanol–water partition coefficient (Wildman–Crippen LogP) is 6.34. The highest BCUT2D eigenvalue weighted by Crippen LogP contribution is 2.42. The Kier molecular flexibility index (Phi) is 8.62. The minimum Gasteiger partial charge on any atom is -0.480 e. The van der Waals surface area contributed by atoms with Crippen molar-refractivity contribution >= 4 is 34.7 Å². The first-order chi connectivity index (χ1) is 18.0. The molecule has 2 aromatic rings. The molecule has 5 N–H and O–H groups in total. The van der Waals surface area contributed by atoms with Crippen LogP contribution in [0.2, 0.25) is 5.02 Å². The lowest BCUT2D eigenvalue weighted by Gasteiger charge is -2.26. The fourth-order valence-corrected chi connectivity index (χ4v) is 5.18. The van der Waals surface area contributed by atoms with Gasteiger partial charge >= 0.3 is 12.1 Å². The van der Waals surface area contributed by atoms with Crippen LogP contribution in [0.3, 0.4) is 0 Å². The van der Waals surface area contributed by atoms with Crippen molar-refractivity contribution < 1.29 is 27.8 Å². The number of alkyl halides is 3. The van der Waals surface area contributed by atoms with Gasteiger partial charge in [0.1, 0.15) is 6.04 Å². The van der Waals surface area contributed by atoms with Crippen LogP contribution in [0.4, 0.5) is 19.1 Å². The Bertz CT molecular complexity index is 1250. The minimum absolute atomic E-state index is 0.0386. The topological polar surface area (TPSA) is 124 Å². The van der Waals surface area contributed by atoms with E-state index in [0.29, 0.717) is 48.4 Å². The number of allylic oxidation sites excluding steroid dienone is 4. The molecule has 1 aromatic heterocycles. The maximum absolute atomic E-state index is 14.4. The van der Waals surface area contributed by atoms with Crippen LogP contribution in [0.15, 0.2) is 36.4 Å². The molecule has 3 atom stereocenters. The Balaban J connectivity index is 1.62. The number of anilines is 1. The molecule has 0 saturated carbocycles. The Morgan fingerprint density at radius 3 is 2.58 bits per heavy atom. The van der Waals surface area contributed by atoms with Crippen LogP contribution in [-0.2, 0) is 4.79 Å². The lowest BCUT2D eigenvalue weighted by atomic mass is 9.84. The van der Waals surface area contributed by atoms with Gasteiger partial charge in [-0.1, -0.05) is 29.8 Å². The molecule has 2 aliphatic rings. The summed E-state index contributed by atoms with van der Waals surface area (Å²) in [6.45, 7) is 0. The van der Waals surface area contributed by atoms with Crippen molar-refractivity contribution in [1.82, 2.24) is 9.97 Å². The van der Waals surface area contributed by atoms with Crippen LogP contribution in [0.1, 0.15) is 74.3 Å². The fraction of sp³-hybridized carbons (Fsp3) is 0.444. The molecular weight excluding hydrogens is 521 g/mol. The van der Waals surface area contributed by atoms with Crippen molar-refractivity contribution in [3.05, 3.63) is 58.3 Å². The maximum Gasteiger partial charge on any atom is 0.429 e. The van der Waals surface area contributed by atoms with Crippen LogP contribution in [0, 0.1) is 5.92 Å². The quantitative estimate of drug-likeness (QED) is 0.350. The van der Waals surface area contributed by atoms with Gasteiger partial charge in [-0.25, -0.2) is 4.98 Å². The van der Waals surface area contributed by atoms with Gasteiger partial charge in [-0.15, -0.1) is 0 Å². The highest BCUT2D eigenvalue weighted by atomic mass is 35.5. The third-order valence-corrected chi connectivity index (χ3v) is 7.18. The van der Waals surface area contributed by atoms with Gasteiger partial charge in [0.2, 0.25) is 17.9 Å². The first-order valence-electron chi connectivity index (χ1n) is 12.6. The number of hydrogen-bond acceptors (Lipinski definition) is 6. The molecule has 4 rings (SSSR count). The second-order valence-corrected chi connectivity index (χ2v) is 10.2. The Labute approximate surface area is 223 Å². The second kappa shape index (κ2) is 11.7. The molecule has 0 aliphatic heterocycles. The standard InChI is InChI=1S/C27H30ClF3N4O3/c28-18-10-11-19(20(13-18)16-4-2-1-3-5-16)24(27(29,30)31)38-23-14-22(34-26(33)35-23)17-8-6-15(7-9-17)12-21(32)25(36)37/h4,8,10-11,13-15,21,24H,1-3,5-7,9,12,32H2,(H,36,37)(H2,33,34,35)/t15?,21-,24+/m0/s1. The third kappa shape index (κ3) is 6.85. The number of hydrogen-bond donors (Lipinski definition) is 3. The molecule has 1 unspecified atom stereocenters. The molecule has 0 fully saturated rings. The number of rotatable bonds is 8. The zero-order valence-electron chi connectivity index (χ0n) is 20.7. The lowest BCUT2D eigenvalue weighted by molar-refractivity contribution is -0.198. The van der Waals surface area contributed by atoms with Crippen molar-refractivity contribution in [3.8, 4) is 5.88 Å². The highest BCUT2D eigenvalue weighted by molar-refractivity contribution is 6.30. The molecule has 0 spiro atoms. The number of carboxylic acids is 1. The van der Waals surface area contributed by atoms with Gasteiger partial charge in [-0.2, -0.15) is 18.2 Å². The molecule has 2 aliphatic carbocycles. The van der Waals surface area contributed by atoms with E-state index >= 15 is 0 Å². The van der Waals surface area contributed by atoms with Crippen LogP contribution in [-0.4, -0.2) is 33.3 Å². The number of aliphatic carboxylic acids is 1. The number of nitrogen functional groups attached to an aromatic ring is 1. The summed E-state index contributed by atoms with van der Waals surface area (Å²) in [6, 6.07) is 4.74. The molecule has 7 nitrogen and oxygen atoms in total. The van der Waals surface area contributed by atoms with Gasteiger partial charge in [0.15, 0.2) is 0 Å². The third-order valence-electron chi connectivity index (χ3n) is 6.94. The smallest absolute Gasteiger partial charge is 0.429 e. The monoisotopic (exact) mass is 550 g/mol. The number of aromatic nitrogens is 2. The van der Waals surface area contributed by atoms with Gasteiger partial charge in [0.05, 0.1) is 5.69 Å². The molecule has 0 radical (unpaired) electrons. The van der Waals surface area contributed by atoms with Crippen molar-refractivity contribution in [2.75, 3.05) is 5.73 Å². The van der Waals surface area contributed by atoms with E-state index in [1.54, 1.807) is 6.07 Å². The largest absolute Gasteiger partial charge is 0.480 e. The van der Waals surface area contributed by atoms with Crippen LogP contribution < -0.4 is 16.2 Å². The normalized spacial score (nSPS) is 19.8. The highest BCUT2D eigenvalue weighted by Gasteiger charge is 2.45. The number of benzene rings is 1. The molecule has 0 bridgehead atoms. The van der Waals surface area contributed by atoms with Crippen LogP contribution >= 0.6 is 11.6 Å². The molecule has 204 valence electrons. The molecule has 1 aromatic carbocycles. The van der Waals surface area contributed by atoms with Crippen LogP contribution in [0.25, 0.3) is 11.1 Å². The number of carboxylic acid groups (broad SMARTS) is 1. The van der Waals surface area contributed by atoms with Crippen molar-refractivity contribution in [2.45, 2.75) is 69.7 Å². The number of nitrogens with zero attached hydrogens (tertiary/aromatic N) is 2. The van der Waals surface area contributed by atoms with E-state index in [2.05, 4.69) is 9.97 Å². The number of nitrogens with two attached hydrogens (primary N) is 2. The molecular formula is C27H30ClF3N4O3. The molecule has 1 heterocycles. The van der Waals surface area contributed by atoms with E-state index in [9.17, 15) is 18.0 Å². The van der Waals surface area contributed by atoms with Gasteiger partial charge in [-0.05, 0) is 86.1 Å². The average Bonchev–Trinajstić information content (AvgIpc) is 2.87. The fourth-order valence-electron chi connectivity index (χ4n) is 5.01. The van der Waals surface area contributed by atoms with Crippen molar-refractivity contribution in [2.24, 2.45) is 11.7 Å². The van der Waals surface area contributed by atoms with Gasteiger partial charge in [-0.3, -0.25) is 4.79 Å². The predicted molar refractivity (Wildman–Crippen MR) is 139 cm³/mol. The minimum atomic E-state index is -4.74.